The summed E-state index contributed by atoms with van der Waals surface area (Å²) in [6.07, 6.45) is 1.48. The minimum absolute atomic E-state index is 0.0313. The number of rotatable bonds is 3. The Morgan fingerprint density at radius 3 is 2.43 bits per heavy atom. The van der Waals surface area contributed by atoms with Crippen LogP contribution < -0.4 is 0 Å². The van der Waals surface area contributed by atoms with E-state index in [9.17, 15) is 19.8 Å². The molecule has 114 valence electrons. The first kappa shape index (κ1) is 15.4. The van der Waals surface area contributed by atoms with Gasteiger partial charge in [-0.25, -0.2) is 0 Å². The molecule has 1 aliphatic rings. The Morgan fingerprint density at radius 1 is 1.29 bits per heavy atom. The maximum atomic E-state index is 12.5. The normalized spacial score (nSPS) is 17.5. The van der Waals surface area contributed by atoms with E-state index in [1.54, 1.807) is 17.0 Å². The van der Waals surface area contributed by atoms with Gasteiger partial charge in [0.05, 0.1) is 11.0 Å². The van der Waals surface area contributed by atoms with E-state index in [0.29, 0.717) is 32.4 Å². The predicted octanol–water partition coefficient (Wildman–Crippen LogP) is 2.42. The van der Waals surface area contributed by atoms with Gasteiger partial charge in [0.25, 0.3) is 5.91 Å². The van der Waals surface area contributed by atoms with Gasteiger partial charge in [0.15, 0.2) is 0 Å². The molecule has 1 aromatic carbocycles. The second-order valence-electron chi connectivity index (χ2n) is 5.75. The van der Waals surface area contributed by atoms with Crippen molar-refractivity contribution in [2.75, 3.05) is 13.1 Å². The maximum Gasteiger partial charge on any atom is 0.309 e. The lowest BCUT2D eigenvalue weighted by Gasteiger charge is -2.38. The van der Waals surface area contributed by atoms with E-state index in [2.05, 4.69) is 0 Å². The molecular formula is C16H21NO4. The standard InChI is InChI=1S/C16H21NO4/c1-3-16(15(20)21)6-8-17(9-7-16)14(19)12-10-11(2)4-5-13(12)18/h4-5,10,18H,3,6-9H2,1-2H3,(H,20,21). The molecule has 5 heteroatoms. The molecule has 0 aliphatic carbocycles. The molecule has 1 aliphatic heterocycles. The van der Waals surface area contributed by atoms with Gasteiger partial charge in [0.2, 0.25) is 0 Å². The molecule has 5 nitrogen and oxygen atoms in total. The molecule has 2 N–H and O–H groups in total. The number of aryl methyl sites for hydroxylation is 1. The second-order valence-corrected chi connectivity index (χ2v) is 5.75. The number of carboxylic acid groups (broad SMARTS) is 1. The highest BCUT2D eigenvalue weighted by Gasteiger charge is 2.41. The van der Waals surface area contributed by atoms with Crippen LogP contribution in [0.4, 0.5) is 0 Å². The van der Waals surface area contributed by atoms with Crippen molar-refractivity contribution in [1.29, 1.82) is 0 Å². The number of aromatic hydroxyl groups is 1. The fourth-order valence-electron chi connectivity index (χ4n) is 2.85. The van der Waals surface area contributed by atoms with Crippen LogP contribution in [0.15, 0.2) is 18.2 Å². The summed E-state index contributed by atoms with van der Waals surface area (Å²) in [4.78, 5) is 25.5. The fraction of sp³-hybridized carbons (Fsp3) is 0.500. The number of carbonyl (C=O) groups is 2. The molecule has 0 saturated carbocycles. The summed E-state index contributed by atoms with van der Waals surface area (Å²) in [5, 5.41) is 19.2. The predicted molar refractivity (Wildman–Crippen MR) is 78.3 cm³/mol. The molecule has 0 spiro atoms. The van der Waals surface area contributed by atoms with Crippen LogP contribution in [0.3, 0.4) is 0 Å². The number of nitrogens with zero attached hydrogens (tertiary/aromatic N) is 1. The molecule has 1 aromatic rings. The quantitative estimate of drug-likeness (QED) is 0.896. The lowest BCUT2D eigenvalue weighted by molar-refractivity contribution is -0.152. The Kier molecular flexibility index (Phi) is 4.21. The molecule has 0 bridgehead atoms. The smallest absolute Gasteiger partial charge is 0.309 e. The molecular weight excluding hydrogens is 270 g/mol. The number of carbonyl (C=O) groups excluding carboxylic acids is 1. The van der Waals surface area contributed by atoms with Gasteiger partial charge in [-0.3, -0.25) is 9.59 Å². The van der Waals surface area contributed by atoms with Gasteiger partial charge < -0.3 is 15.1 Å². The zero-order valence-corrected chi connectivity index (χ0v) is 12.4. The second kappa shape index (κ2) is 5.76. The van der Waals surface area contributed by atoms with Gasteiger partial charge in [-0.05, 0) is 38.3 Å². The maximum absolute atomic E-state index is 12.5. The third-order valence-corrected chi connectivity index (χ3v) is 4.52. The van der Waals surface area contributed by atoms with E-state index in [0.717, 1.165) is 5.56 Å². The Hall–Kier alpha value is -2.04. The number of aliphatic carboxylic acids is 1. The Labute approximate surface area is 124 Å². The lowest BCUT2D eigenvalue weighted by Crippen LogP contribution is -2.46. The zero-order chi connectivity index (χ0) is 15.6. The van der Waals surface area contributed by atoms with Crippen LogP contribution in [0.2, 0.25) is 0 Å². The molecule has 1 heterocycles. The van der Waals surface area contributed by atoms with Crippen molar-refractivity contribution >= 4 is 11.9 Å². The number of phenolic OH excluding ortho intramolecular Hbond substituents is 1. The molecule has 1 fully saturated rings. The summed E-state index contributed by atoms with van der Waals surface area (Å²) < 4.78 is 0. The summed E-state index contributed by atoms with van der Waals surface area (Å²) in [6, 6.07) is 4.92. The van der Waals surface area contributed by atoms with Crippen molar-refractivity contribution < 1.29 is 19.8 Å². The molecule has 0 unspecified atom stereocenters. The van der Waals surface area contributed by atoms with Gasteiger partial charge in [-0.15, -0.1) is 0 Å². The van der Waals surface area contributed by atoms with E-state index in [4.69, 9.17) is 0 Å². The summed E-state index contributed by atoms with van der Waals surface area (Å²) in [5.74, 6) is -1.04. The number of piperidine rings is 1. The number of carboxylic acids is 1. The van der Waals surface area contributed by atoms with Crippen molar-refractivity contribution in [2.24, 2.45) is 5.41 Å². The summed E-state index contributed by atoms with van der Waals surface area (Å²) in [6.45, 7) is 4.55. The van der Waals surface area contributed by atoms with Crippen LogP contribution in [0.5, 0.6) is 5.75 Å². The van der Waals surface area contributed by atoms with E-state index < -0.39 is 11.4 Å². The van der Waals surface area contributed by atoms with E-state index >= 15 is 0 Å². The Morgan fingerprint density at radius 2 is 1.90 bits per heavy atom. The first-order chi connectivity index (χ1) is 9.89. The van der Waals surface area contributed by atoms with Crippen molar-refractivity contribution in [3.05, 3.63) is 29.3 Å². The summed E-state index contributed by atoms with van der Waals surface area (Å²) in [5.41, 5.74) is 0.474. The fourth-order valence-corrected chi connectivity index (χ4v) is 2.85. The molecule has 21 heavy (non-hydrogen) atoms. The highest BCUT2D eigenvalue weighted by Crippen LogP contribution is 2.36. The summed E-state index contributed by atoms with van der Waals surface area (Å²) >= 11 is 0. The van der Waals surface area contributed by atoms with E-state index in [-0.39, 0.29) is 17.2 Å². The average Bonchev–Trinajstić information content (AvgIpc) is 2.49. The van der Waals surface area contributed by atoms with Crippen LogP contribution in [0, 0.1) is 12.3 Å². The van der Waals surface area contributed by atoms with E-state index in [1.807, 2.05) is 13.8 Å². The van der Waals surface area contributed by atoms with Gasteiger partial charge in [0.1, 0.15) is 5.75 Å². The number of likely N-dealkylation sites (tertiary alicyclic amines) is 1. The minimum atomic E-state index is -0.782. The summed E-state index contributed by atoms with van der Waals surface area (Å²) in [7, 11) is 0. The molecule has 1 amide bonds. The lowest BCUT2D eigenvalue weighted by atomic mass is 9.76. The van der Waals surface area contributed by atoms with Crippen molar-refractivity contribution in [3.63, 3.8) is 0 Å². The first-order valence-electron chi connectivity index (χ1n) is 7.22. The number of amides is 1. The third-order valence-electron chi connectivity index (χ3n) is 4.52. The van der Waals surface area contributed by atoms with Crippen molar-refractivity contribution in [1.82, 2.24) is 4.90 Å². The third kappa shape index (κ3) is 2.86. The highest BCUT2D eigenvalue weighted by atomic mass is 16.4. The minimum Gasteiger partial charge on any atom is -0.507 e. The zero-order valence-electron chi connectivity index (χ0n) is 12.4. The van der Waals surface area contributed by atoms with Gasteiger partial charge >= 0.3 is 5.97 Å². The van der Waals surface area contributed by atoms with Gasteiger partial charge in [-0.2, -0.15) is 0 Å². The SMILES string of the molecule is CCC1(C(=O)O)CCN(C(=O)c2cc(C)ccc2O)CC1. The van der Waals surface area contributed by atoms with Gasteiger partial charge in [0, 0.05) is 13.1 Å². The number of phenols is 1. The molecule has 2 rings (SSSR count). The highest BCUT2D eigenvalue weighted by molar-refractivity contribution is 5.97. The van der Waals surface area contributed by atoms with Crippen LogP contribution in [0.25, 0.3) is 0 Å². The number of benzene rings is 1. The molecule has 0 atom stereocenters. The van der Waals surface area contributed by atoms with Crippen LogP contribution in [-0.2, 0) is 4.79 Å². The van der Waals surface area contributed by atoms with Crippen molar-refractivity contribution in [3.8, 4) is 5.75 Å². The van der Waals surface area contributed by atoms with Crippen LogP contribution >= 0.6 is 0 Å². The van der Waals surface area contributed by atoms with Crippen molar-refractivity contribution in [2.45, 2.75) is 33.1 Å². The topological polar surface area (TPSA) is 77.8 Å². The van der Waals surface area contributed by atoms with Crippen LogP contribution in [0.1, 0.15) is 42.1 Å². The molecule has 0 aromatic heterocycles. The first-order valence-corrected chi connectivity index (χ1v) is 7.22. The Balaban J connectivity index is 2.13. The number of hydrogen-bond acceptors (Lipinski definition) is 3. The largest absolute Gasteiger partial charge is 0.507 e. The van der Waals surface area contributed by atoms with E-state index in [1.165, 1.54) is 6.07 Å². The molecule has 0 radical (unpaired) electrons. The molecule has 1 saturated heterocycles. The number of hydrogen-bond donors (Lipinski definition) is 2. The monoisotopic (exact) mass is 291 g/mol. The Bertz CT molecular complexity index is 559. The average molecular weight is 291 g/mol. The van der Waals surface area contributed by atoms with Crippen LogP contribution in [-0.4, -0.2) is 40.1 Å². The van der Waals surface area contributed by atoms with Gasteiger partial charge in [-0.1, -0.05) is 18.6 Å².